The van der Waals surface area contributed by atoms with Gasteiger partial charge in [-0.2, -0.15) is 4.98 Å². The van der Waals surface area contributed by atoms with E-state index in [0.29, 0.717) is 29.4 Å². The van der Waals surface area contributed by atoms with Crippen LogP contribution in [0.15, 0.2) is 48.5 Å². The number of rotatable bonds is 6. The molecule has 8 nitrogen and oxygen atoms in total. The fourth-order valence-corrected chi connectivity index (χ4v) is 5.49. The highest BCUT2D eigenvalue weighted by Crippen LogP contribution is 2.40. The number of para-hydroxylation sites is 2. The Morgan fingerprint density at radius 2 is 1.82 bits per heavy atom. The molecule has 5 N–H and O–H groups in total. The molecule has 0 bridgehead atoms. The van der Waals surface area contributed by atoms with E-state index < -0.39 is 17.7 Å². The second-order valence-electron chi connectivity index (χ2n) is 8.76. The molecule has 3 unspecified atom stereocenters. The molecule has 1 aliphatic carbocycles. The van der Waals surface area contributed by atoms with Gasteiger partial charge in [-0.05, 0) is 50.5 Å². The van der Waals surface area contributed by atoms with E-state index >= 15 is 0 Å². The Hall–Kier alpha value is -3.11. The molecule has 0 saturated heterocycles. The highest BCUT2D eigenvalue weighted by Gasteiger charge is 2.47. The number of thiazole rings is 1. The van der Waals surface area contributed by atoms with Crippen molar-refractivity contribution in [1.82, 2.24) is 15.0 Å². The molecule has 4 aromatic rings. The minimum Gasteiger partial charge on any atom is -0.396 e. The second kappa shape index (κ2) is 8.92. The number of nitrogens with zero attached hydrogens (tertiary/aromatic N) is 3. The summed E-state index contributed by atoms with van der Waals surface area (Å²) < 4.78 is 1.03. The summed E-state index contributed by atoms with van der Waals surface area (Å²) in [7, 11) is 0. The standard InChI is InChI=1S/C25H27N5O3S/c1-14-7-3-4-8-17(14)28-24-26-15(2)20(23-27-18-9-5-6-10-19(18)34-23)22(29-24)30-25(33)12-11-16(13-31)21(25)32/h3-10,16,21,31-33H,11-13H2,1-2H3,(H2,26,28,29,30). The van der Waals surface area contributed by atoms with Gasteiger partial charge < -0.3 is 26.0 Å². The fraction of sp³-hybridized carbons (Fsp3) is 0.320. The average Bonchev–Trinajstić information content (AvgIpc) is 3.36. The van der Waals surface area contributed by atoms with Gasteiger partial charge in [-0.15, -0.1) is 11.3 Å². The van der Waals surface area contributed by atoms with Crippen LogP contribution < -0.4 is 10.6 Å². The van der Waals surface area contributed by atoms with E-state index in [1.807, 2.05) is 62.4 Å². The maximum absolute atomic E-state index is 11.3. The van der Waals surface area contributed by atoms with Gasteiger partial charge in [-0.1, -0.05) is 30.3 Å². The summed E-state index contributed by atoms with van der Waals surface area (Å²) in [6.07, 6.45) is -0.359. The number of hydrogen-bond acceptors (Lipinski definition) is 9. The minimum absolute atomic E-state index is 0.196. The van der Waals surface area contributed by atoms with E-state index in [1.54, 1.807) is 0 Å². The molecule has 0 spiro atoms. The molecule has 3 atom stereocenters. The highest BCUT2D eigenvalue weighted by atomic mass is 32.1. The number of aromatic nitrogens is 3. The molecule has 0 radical (unpaired) electrons. The van der Waals surface area contributed by atoms with Crippen molar-refractivity contribution in [3.63, 3.8) is 0 Å². The third-order valence-electron chi connectivity index (χ3n) is 6.39. The van der Waals surface area contributed by atoms with E-state index in [2.05, 4.69) is 15.6 Å². The number of hydrogen-bond donors (Lipinski definition) is 5. The lowest BCUT2D eigenvalue weighted by atomic mass is 10.0. The zero-order valence-corrected chi connectivity index (χ0v) is 19.8. The molecule has 5 rings (SSSR count). The van der Waals surface area contributed by atoms with Gasteiger partial charge in [0.2, 0.25) is 5.95 Å². The predicted molar refractivity (Wildman–Crippen MR) is 134 cm³/mol. The van der Waals surface area contributed by atoms with Crippen LogP contribution in [0.1, 0.15) is 24.1 Å². The van der Waals surface area contributed by atoms with Crippen LogP contribution in [0.3, 0.4) is 0 Å². The molecule has 2 heterocycles. The van der Waals surface area contributed by atoms with E-state index in [9.17, 15) is 15.3 Å². The van der Waals surface area contributed by atoms with Crippen molar-refractivity contribution >= 4 is 39.0 Å². The van der Waals surface area contributed by atoms with Gasteiger partial charge in [0.25, 0.3) is 0 Å². The number of benzene rings is 2. The predicted octanol–water partition coefficient (Wildman–Crippen LogP) is 3.98. The zero-order chi connectivity index (χ0) is 23.9. The molecule has 1 fully saturated rings. The molecule has 0 aliphatic heterocycles. The Bertz CT molecular complexity index is 1310. The van der Waals surface area contributed by atoms with Crippen LogP contribution >= 0.6 is 11.3 Å². The number of aryl methyl sites for hydroxylation is 2. The Kier molecular flexibility index (Phi) is 5.95. The summed E-state index contributed by atoms with van der Waals surface area (Å²) in [5.41, 5.74) is 2.52. The van der Waals surface area contributed by atoms with Crippen molar-refractivity contribution in [3.8, 4) is 10.6 Å². The topological polar surface area (TPSA) is 123 Å². The van der Waals surface area contributed by atoms with E-state index in [0.717, 1.165) is 26.5 Å². The van der Waals surface area contributed by atoms with Crippen molar-refractivity contribution < 1.29 is 15.3 Å². The molecule has 0 amide bonds. The summed E-state index contributed by atoms with van der Waals surface area (Å²) in [4.78, 5) is 14.2. The molecule has 176 valence electrons. The first kappa shape index (κ1) is 22.7. The van der Waals surface area contributed by atoms with Crippen LogP contribution in [-0.4, -0.2) is 48.7 Å². The normalized spacial score (nSPS) is 22.3. The third-order valence-corrected chi connectivity index (χ3v) is 7.44. The lowest BCUT2D eigenvalue weighted by molar-refractivity contribution is -0.0545. The number of aliphatic hydroxyl groups is 3. The molecule has 1 aliphatic rings. The number of aliphatic hydroxyl groups excluding tert-OH is 2. The van der Waals surface area contributed by atoms with Crippen LogP contribution in [0.25, 0.3) is 20.8 Å². The molecular weight excluding hydrogens is 450 g/mol. The van der Waals surface area contributed by atoms with Crippen molar-refractivity contribution in [1.29, 1.82) is 0 Å². The first-order chi connectivity index (χ1) is 16.4. The maximum atomic E-state index is 11.3. The van der Waals surface area contributed by atoms with Crippen LogP contribution in [0.5, 0.6) is 0 Å². The Labute approximate surface area is 201 Å². The fourth-order valence-electron chi connectivity index (χ4n) is 4.42. The first-order valence-corrected chi connectivity index (χ1v) is 12.1. The SMILES string of the molecule is Cc1ccccc1Nc1nc(C)c(-c2nc3ccccc3s2)c(NC2(O)CCC(CO)C2O)n1. The maximum Gasteiger partial charge on any atom is 0.229 e. The quantitative estimate of drug-likeness (QED) is 0.264. The van der Waals surface area contributed by atoms with Crippen LogP contribution in [0, 0.1) is 19.8 Å². The van der Waals surface area contributed by atoms with Crippen LogP contribution in [0.4, 0.5) is 17.5 Å². The lowest BCUT2D eigenvalue weighted by Crippen LogP contribution is -2.48. The summed E-state index contributed by atoms with van der Waals surface area (Å²) in [5, 5.41) is 38.6. The second-order valence-corrected chi connectivity index (χ2v) is 9.79. The van der Waals surface area contributed by atoms with Crippen LogP contribution in [0.2, 0.25) is 0 Å². The summed E-state index contributed by atoms with van der Waals surface area (Å²) in [6.45, 7) is 3.68. The van der Waals surface area contributed by atoms with Gasteiger partial charge in [0.15, 0.2) is 5.72 Å². The molecule has 34 heavy (non-hydrogen) atoms. The number of nitrogens with one attached hydrogen (secondary N) is 2. The summed E-state index contributed by atoms with van der Waals surface area (Å²) >= 11 is 1.52. The number of anilines is 3. The smallest absolute Gasteiger partial charge is 0.229 e. The number of fused-ring (bicyclic) bond motifs is 1. The van der Waals surface area contributed by atoms with E-state index in [1.165, 1.54) is 11.3 Å². The van der Waals surface area contributed by atoms with Crippen LogP contribution in [-0.2, 0) is 0 Å². The van der Waals surface area contributed by atoms with E-state index in [4.69, 9.17) is 9.97 Å². The lowest BCUT2D eigenvalue weighted by Gasteiger charge is -2.31. The van der Waals surface area contributed by atoms with Gasteiger partial charge in [-0.3, -0.25) is 0 Å². The summed E-state index contributed by atoms with van der Waals surface area (Å²) in [6, 6.07) is 15.7. The monoisotopic (exact) mass is 477 g/mol. The molecule has 9 heteroatoms. The molecular formula is C25H27N5O3S. The molecule has 1 saturated carbocycles. The summed E-state index contributed by atoms with van der Waals surface area (Å²) in [5.74, 6) is 0.340. The molecule has 2 aromatic carbocycles. The zero-order valence-electron chi connectivity index (χ0n) is 19.0. The average molecular weight is 478 g/mol. The van der Waals surface area contributed by atoms with Gasteiger partial charge >= 0.3 is 0 Å². The van der Waals surface area contributed by atoms with Crippen molar-refractivity contribution in [2.24, 2.45) is 5.92 Å². The first-order valence-electron chi connectivity index (χ1n) is 11.2. The van der Waals surface area contributed by atoms with Gasteiger partial charge in [0.05, 0.1) is 21.5 Å². The minimum atomic E-state index is -1.63. The Morgan fingerprint density at radius 1 is 1.06 bits per heavy atom. The van der Waals surface area contributed by atoms with Crippen molar-refractivity contribution in [2.45, 2.75) is 38.5 Å². The largest absolute Gasteiger partial charge is 0.396 e. The Morgan fingerprint density at radius 3 is 2.56 bits per heavy atom. The van der Waals surface area contributed by atoms with E-state index in [-0.39, 0.29) is 13.0 Å². The van der Waals surface area contributed by atoms with Gasteiger partial charge in [0, 0.05) is 18.2 Å². The highest BCUT2D eigenvalue weighted by molar-refractivity contribution is 7.21. The van der Waals surface area contributed by atoms with Crippen molar-refractivity contribution in [3.05, 3.63) is 59.8 Å². The third kappa shape index (κ3) is 4.12. The van der Waals surface area contributed by atoms with Gasteiger partial charge in [0.1, 0.15) is 16.9 Å². The molecule has 2 aromatic heterocycles. The van der Waals surface area contributed by atoms with Gasteiger partial charge in [-0.25, -0.2) is 9.97 Å². The van der Waals surface area contributed by atoms with Crippen molar-refractivity contribution in [2.75, 3.05) is 17.2 Å². The Balaban J connectivity index is 1.60.